The fourth-order valence-corrected chi connectivity index (χ4v) is 11.6. The van der Waals surface area contributed by atoms with Crippen molar-refractivity contribution in [3.05, 3.63) is 143 Å². The van der Waals surface area contributed by atoms with Crippen LogP contribution in [-0.2, 0) is 0 Å². The molecule has 2 aromatic heterocycles. The number of halogens is 1. The number of nitrogens with zero attached hydrogens (tertiary/aromatic N) is 2. The summed E-state index contributed by atoms with van der Waals surface area (Å²) < 4.78 is 7.86. The van der Waals surface area contributed by atoms with Crippen molar-refractivity contribution in [3.8, 4) is 0 Å². The van der Waals surface area contributed by atoms with E-state index in [1.54, 1.807) is 11.3 Å². The van der Waals surface area contributed by atoms with Gasteiger partial charge >= 0.3 is 0 Å². The van der Waals surface area contributed by atoms with Crippen LogP contribution in [0, 0.1) is 6.92 Å². The lowest BCUT2D eigenvalue weighted by Gasteiger charge is -2.41. The Morgan fingerprint density at radius 3 is 2.04 bits per heavy atom. The topological polar surface area (TPSA) is 19.6 Å². The molecule has 47 heavy (non-hydrogen) atoms. The highest BCUT2D eigenvalue weighted by Gasteiger charge is 2.39. The van der Waals surface area contributed by atoms with Gasteiger partial charge in [0.15, 0.2) is 5.58 Å². The van der Waals surface area contributed by atoms with E-state index in [-0.39, 0.29) is 0 Å². The minimum Gasteiger partial charge on any atom is -0.454 e. The fraction of sp³-hybridized carbons (Fsp3) is 0.0732. The lowest BCUT2D eigenvalue weighted by atomic mass is 10.1. The zero-order chi connectivity index (χ0) is 31.9. The van der Waals surface area contributed by atoms with Gasteiger partial charge in [-0.2, -0.15) is 0 Å². The Morgan fingerprint density at radius 1 is 0.638 bits per heavy atom. The van der Waals surface area contributed by atoms with Gasteiger partial charge in [-0.3, -0.25) is 0 Å². The lowest BCUT2D eigenvalue weighted by molar-refractivity contribution is 0.669. The number of anilines is 6. The molecule has 0 aliphatic carbocycles. The number of thiophene rings is 1. The Morgan fingerprint density at radius 2 is 1.28 bits per heavy atom. The van der Waals surface area contributed by atoms with E-state index in [1.165, 1.54) is 31.8 Å². The van der Waals surface area contributed by atoms with Crippen molar-refractivity contribution in [1.29, 1.82) is 0 Å². The van der Waals surface area contributed by atoms with Gasteiger partial charge in [-0.25, -0.2) is 0 Å². The van der Waals surface area contributed by atoms with Crippen LogP contribution < -0.4 is 20.2 Å². The van der Waals surface area contributed by atoms with E-state index < -0.39 is 8.07 Å². The van der Waals surface area contributed by atoms with E-state index in [4.69, 9.17) is 16.0 Å². The maximum absolute atomic E-state index is 7.76. The Kier molecular flexibility index (Phi) is 6.41. The van der Waals surface area contributed by atoms with Gasteiger partial charge in [-0.05, 0) is 65.3 Å². The van der Waals surface area contributed by atoms with E-state index in [1.807, 2.05) is 12.1 Å². The first-order valence-corrected chi connectivity index (χ1v) is 20.1. The summed E-state index contributed by atoms with van der Waals surface area (Å²) in [7, 11) is -1.95. The predicted molar refractivity (Wildman–Crippen MR) is 205 cm³/mol. The van der Waals surface area contributed by atoms with Crippen molar-refractivity contribution in [1.82, 2.24) is 0 Å². The molecule has 0 saturated carbocycles. The maximum atomic E-state index is 7.76. The molecule has 0 spiro atoms. The molecule has 0 amide bonds. The van der Waals surface area contributed by atoms with Gasteiger partial charge in [0, 0.05) is 37.6 Å². The average Bonchev–Trinajstić information content (AvgIpc) is 3.69. The number of aryl methyl sites for hydroxylation is 1. The van der Waals surface area contributed by atoms with Gasteiger partial charge in [-0.1, -0.05) is 110 Å². The van der Waals surface area contributed by atoms with Crippen molar-refractivity contribution in [3.63, 3.8) is 0 Å². The number of para-hydroxylation sites is 4. The molecule has 228 valence electrons. The summed E-state index contributed by atoms with van der Waals surface area (Å²) >= 11 is 9.51. The van der Waals surface area contributed by atoms with Crippen molar-refractivity contribution < 1.29 is 4.42 Å². The maximum Gasteiger partial charge on any atom is 0.159 e. The fourth-order valence-electron chi connectivity index (χ4n) is 7.42. The highest BCUT2D eigenvalue weighted by Crippen LogP contribution is 2.51. The van der Waals surface area contributed by atoms with E-state index in [0.29, 0.717) is 5.02 Å². The van der Waals surface area contributed by atoms with Gasteiger partial charge in [0.25, 0.3) is 0 Å². The molecule has 6 heteroatoms. The van der Waals surface area contributed by atoms with Crippen LogP contribution in [0.5, 0.6) is 0 Å². The predicted octanol–water partition coefficient (Wildman–Crippen LogP) is 11.8. The normalized spacial score (nSPS) is 13.7. The van der Waals surface area contributed by atoms with Gasteiger partial charge in [0.05, 0.1) is 27.8 Å². The summed E-state index contributed by atoms with van der Waals surface area (Å²) in [5.74, 6) is 0. The summed E-state index contributed by atoms with van der Waals surface area (Å²) in [6.45, 7) is 7.06. The molecule has 0 atom stereocenters. The monoisotopic (exact) mass is 662 g/mol. The Balaban J connectivity index is 1.35. The first-order valence-electron chi connectivity index (χ1n) is 15.9. The number of hydrogen-bond acceptors (Lipinski definition) is 4. The zero-order valence-electron chi connectivity index (χ0n) is 26.3. The van der Waals surface area contributed by atoms with Crippen molar-refractivity contribution >= 4 is 108 Å². The number of fused-ring (bicyclic) bond motifs is 6. The Bertz CT molecular complexity index is 2460. The van der Waals surface area contributed by atoms with Crippen LogP contribution in [0.25, 0.3) is 32.0 Å². The largest absolute Gasteiger partial charge is 0.454 e. The Hall–Kier alpha value is -4.81. The third-order valence-corrected chi connectivity index (χ3v) is 14.5. The molecule has 6 aromatic carbocycles. The van der Waals surface area contributed by atoms with Gasteiger partial charge in [0.1, 0.15) is 13.7 Å². The molecular weight excluding hydrogens is 632 g/mol. The van der Waals surface area contributed by atoms with Crippen LogP contribution >= 0.6 is 22.9 Å². The molecule has 0 unspecified atom stereocenters. The van der Waals surface area contributed by atoms with Crippen LogP contribution in [0.3, 0.4) is 0 Å². The highest BCUT2D eigenvalue weighted by atomic mass is 35.5. The molecule has 0 bridgehead atoms. The molecule has 0 fully saturated rings. The van der Waals surface area contributed by atoms with E-state index in [0.717, 1.165) is 50.3 Å². The van der Waals surface area contributed by atoms with Crippen LogP contribution in [0.2, 0.25) is 18.1 Å². The number of rotatable bonds is 4. The Labute approximate surface area is 283 Å². The van der Waals surface area contributed by atoms with Gasteiger partial charge < -0.3 is 14.2 Å². The number of furan rings is 1. The molecule has 3 nitrogen and oxygen atoms in total. The number of benzene rings is 6. The minimum atomic E-state index is -1.95. The van der Waals surface area contributed by atoms with Crippen molar-refractivity contribution in [2.75, 3.05) is 9.80 Å². The van der Waals surface area contributed by atoms with E-state index >= 15 is 0 Å². The standard InChI is InChI=1S/C41H31ClN2OSSi/c1-26-23-33(43-30-16-6-10-21-38(30)47(2,3)39-22-11-7-17-31(39)43)40(42)34(24-26)44(35-25-46-37-20-9-5-14-29(35)37)32-18-12-15-28-27-13-4-8-19-36(27)45-41(28)32/h4-25H,1-3H3. The summed E-state index contributed by atoms with van der Waals surface area (Å²) in [6, 6.07) is 45.4. The second-order valence-electron chi connectivity index (χ2n) is 12.8. The van der Waals surface area contributed by atoms with Crippen LogP contribution in [-0.4, -0.2) is 8.07 Å². The van der Waals surface area contributed by atoms with Crippen LogP contribution in [0.1, 0.15) is 5.56 Å². The van der Waals surface area contributed by atoms with E-state index in [2.05, 4.69) is 150 Å². The average molecular weight is 663 g/mol. The van der Waals surface area contributed by atoms with Gasteiger partial charge in [-0.15, -0.1) is 11.3 Å². The third kappa shape index (κ3) is 4.24. The number of hydrogen-bond donors (Lipinski definition) is 0. The molecular formula is C41H31ClN2OSSi. The summed E-state index contributed by atoms with van der Waals surface area (Å²) in [6.07, 6.45) is 0. The van der Waals surface area contributed by atoms with Crippen molar-refractivity contribution in [2.45, 2.75) is 20.0 Å². The summed E-state index contributed by atoms with van der Waals surface area (Å²) in [5.41, 5.74) is 9.14. The molecule has 1 aliphatic heterocycles. The molecule has 1 aliphatic rings. The molecule has 0 radical (unpaired) electrons. The quantitative estimate of drug-likeness (QED) is 0.175. The molecule has 0 saturated heterocycles. The molecule has 0 N–H and O–H groups in total. The minimum absolute atomic E-state index is 0.685. The highest BCUT2D eigenvalue weighted by molar-refractivity contribution is 7.17. The smallest absolute Gasteiger partial charge is 0.159 e. The van der Waals surface area contributed by atoms with Crippen LogP contribution in [0.15, 0.2) is 137 Å². The molecule has 9 rings (SSSR count). The lowest BCUT2D eigenvalue weighted by Crippen LogP contribution is -2.58. The third-order valence-electron chi connectivity index (χ3n) is 9.62. The van der Waals surface area contributed by atoms with Gasteiger partial charge in [0.2, 0.25) is 0 Å². The molecule has 3 heterocycles. The zero-order valence-corrected chi connectivity index (χ0v) is 28.9. The first kappa shape index (κ1) is 28.4. The second kappa shape index (κ2) is 10.6. The van der Waals surface area contributed by atoms with Crippen LogP contribution in [0.4, 0.5) is 34.1 Å². The second-order valence-corrected chi connectivity index (χ2v) is 18.4. The molecule has 8 aromatic rings. The SMILES string of the molecule is Cc1cc(N2c3ccccc3[Si](C)(C)c3ccccc32)c(Cl)c(N(c2csc3ccccc23)c2cccc3c2oc2ccccc23)c1. The van der Waals surface area contributed by atoms with E-state index in [9.17, 15) is 0 Å². The first-order chi connectivity index (χ1) is 22.9. The summed E-state index contributed by atoms with van der Waals surface area (Å²) in [5, 5.41) is 9.10. The summed E-state index contributed by atoms with van der Waals surface area (Å²) in [4.78, 5) is 4.69. The van der Waals surface area contributed by atoms with Crippen molar-refractivity contribution in [2.24, 2.45) is 0 Å².